The van der Waals surface area contributed by atoms with E-state index in [0.717, 1.165) is 17.3 Å². The highest BCUT2D eigenvalue weighted by Gasteiger charge is 2.26. The van der Waals surface area contributed by atoms with Crippen LogP contribution >= 0.6 is 11.8 Å². The van der Waals surface area contributed by atoms with Gasteiger partial charge in [0.15, 0.2) is 5.17 Å². The van der Waals surface area contributed by atoms with Gasteiger partial charge >= 0.3 is 0 Å². The van der Waals surface area contributed by atoms with Crippen LogP contribution in [0.4, 0.5) is 0 Å². The van der Waals surface area contributed by atoms with Crippen molar-refractivity contribution < 1.29 is 13.2 Å². The lowest BCUT2D eigenvalue weighted by Crippen LogP contribution is -2.20. The number of hydrogen-bond acceptors (Lipinski definition) is 4. The fraction of sp³-hybridized carbons (Fsp3) is 0. The number of rotatable bonds is 3. The lowest BCUT2D eigenvalue weighted by atomic mass is 10.2. The van der Waals surface area contributed by atoms with Crippen molar-refractivity contribution in [2.24, 2.45) is 4.40 Å². The van der Waals surface area contributed by atoms with Crippen LogP contribution in [0.25, 0.3) is 6.08 Å². The van der Waals surface area contributed by atoms with E-state index in [2.05, 4.69) is 9.71 Å². The van der Waals surface area contributed by atoms with Gasteiger partial charge in [0, 0.05) is 0 Å². The first kappa shape index (κ1) is 15.5. The summed E-state index contributed by atoms with van der Waals surface area (Å²) in [5.74, 6) is -0.360. The van der Waals surface area contributed by atoms with E-state index < -0.39 is 10.0 Å². The summed E-state index contributed by atoms with van der Waals surface area (Å²) in [4.78, 5) is 12.4. The van der Waals surface area contributed by atoms with Gasteiger partial charge < -0.3 is 0 Å². The molecule has 2 aromatic carbocycles. The first-order chi connectivity index (χ1) is 11.0. The number of carbonyl (C=O) groups excluding carboxylic acids is 1. The molecule has 3 rings (SSSR count). The molecule has 1 fully saturated rings. The van der Waals surface area contributed by atoms with Gasteiger partial charge in [-0.05, 0) is 35.5 Å². The van der Waals surface area contributed by atoms with E-state index in [-0.39, 0.29) is 16.0 Å². The maximum atomic E-state index is 12.2. The molecule has 116 valence electrons. The number of benzene rings is 2. The Labute approximate surface area is 138 Å². The van der Waals surface area contributed by atoms with Gasteiger partial charge in [-0.3, -0.25) is 10.1 Å². The first-order valence-corrected chi connectivity index (χ1v) is 8.96. The molecule has 0 unspecified atom stereocenters. The summed E-state index contributed by atoms with van der Waals surface area (Å²) in [7, 11) is -3.84. The normalized spacial score (nSPS) is 18.3. The maximum absolute atomic E-state index is 12.2. The zero-order chi connectivity index (χ0) is 16.3. The van der Waals surface area contributed by atoms with Crippen LogP contribution in [0, 0.1) is 0 Å². The molecule has 1 saturated heterocycles. The largest absolute Gasteiger partial charge is 0.300 e. The highest BCUT2D eigenvalue weighted by Crippen LogP contribution is 2.27. The molecular formula is C16H12N2O3S2. The number of nitrogens with one attached hydrogen (secondary N) is 1. The smallest absolute Gasteiger partial charge is 0.284 e. The number of hydrogen-bond donors (Lipinski definition) is 1. The monoisotopic (exact) mass is 344 g/mol. The van der Waals surface area contributed by atoms with E-state index in [1.165, 1.54) is 12.1 Å². The highest BCUT2D eigenvalue weighted by atomic mass is 32.2. The Hall–Kier alpha value is -2.38. The van der Waals surface area contributed by atoms with E-state index in [9.17, 15) is 13.2 Å². The van der Waals surface area contributed by atoms with Crippen molar-refractivity contribution in [1.82, 2.24) is 5.32 Å². The fourth-order valence-corrected chi connectivity index (χ4v) is 3.93. The zero-order valence-corrected chi connectivity index (χ0v) is 13.5. The van der Waals surface area contributed by atoms with Gasteiger partial charge in [-0.25, -0.2) is 0 Å². The lowest BCUT2D eigenvalue weighted by Gasteiger charge is -1.98. The molecule has 1 N–H and O–H groups in total. The number of amides is 1. The minimum Gasteiger partial charge on any atom is -0.300 e. The van der Waals surface area contributed by atoms with E-state index in [0.29, 0.717) is 4.91 Å². The molecule has 1 amide bonds. The molecule has 0 spiro atoms. The third-order valence-electron chi connectivity index (χ3n) is 2.99. The molecule has 0 saturated carbocycles. The van der Waals surface area contributed by atoms with Crippen LogP contribution in [0.1, 0.15) is 5.56 Å². The van der Waals surface area contributed by atoms with Crippen molar-refractivity contribution in [2.45, 2.75) is 4.90 Å². The third-order valence-corrected chi connectivity index (χ3v) is 5.31. The average Bonchev–Trinajstić information content (AvgIpc) is 2.88. The van der Waals surface area contributed by atoms with Gasteiger partial charge in [-0.1, -0.05) is 48.5 Å². The van der Waals surface area contributed by atoms with Crippen molar-refractivity contribution in [1.29, 1.82) is 0 Å². The van der Waals surface area contributed by atoms with Crippen LogP contribution < -0.4 is 5.32 Å². The van der Waals surface area contributed by atoms with Crippen LogP contribution in [0.2, 0.25) is 0 Å². The summed E-state index contributed by atoms with van der Waals surface area (Å²) >= 11 is 1.01. The van der Waals surface area contributed by atoms with Gasteiger partial charge in [0.05, 0.1) is 9.80 Å². The quantitative estimate of drug-likeness (QED) is 0.869. The number of thioether (sulfide) groups is 1. The Balaban J connectivity index is 1.87. The molecule has 0 atom stereocenters. The molecule has 0 bridgehead atoms. The standard InChI is InChI=1S/C16H12N2O3S2/c19-15-14(11-12-7-3-1-4-8-12)22-16(17-15)18-23(20,21)13-9-5-2-6-10-13/h1-11H,(H,17,18,19). The van der Waals surface area contributed by atoms with Crippen LogP contribution in [0.15, 0.2) is 74.9 Å². The summed E-state index contributed by atoms with van der Waals surface area (Å²) in [6, 6.07) is 17.2. The van der Waals surface area contributed by atoms with Gasteiger partial charge in [0.1, 0.15) is 0 Å². The molecule has 0 aliphatic carbocycles. The van der Waals surface area contributed by atoms with Gasteiger partial charge in [0.2, 0.25) is 0 Å². The second-order valence-electron chi connectivity index (χ2n) is 4.66. The summed E-state index contributed by atoms with van der Waals surface area (Å²) in [5.41, 5.74) is 0.859. The van der Waals surface area contributed by atoms with E-state index in [4.69, 9.17) is 0 Å². The Bertz CT molecular complexity index is 889. The topological polar surface area (TPSA) is 75.6 Å². The number of sulfonamides is 1. The SMILES string of the molecule is O=C1NC(=NS(=O)(=O)c2ccccc2)SC1=Cc1ccccc1. The molecule has 5 nitrogen and oxygen atoms in total. The number of amidine groups is 1. The second-order valence-corrected chi connectivity index (χ2v) is 7.29. The molecular weight excluding hydrogens is 332 g/mol. The fourth-order valence-electron chi connectivity index (χ4n) is 1.93. The highest BCUT2D eigenvalue weighted by molar-refractivity contribution is 8.19. The molecule has 0 radical (unpaired) electrons. The van der Waals surface area contributed by atoms with Crippen LogP contribution in [0.5, 0.6) is 0 Å². The lowest BCUT2D eigenvalue weighted by molar-refractivity contribution is -0.115. The Morgan fingerprint density at radius 3 is 2.22 bits per heavy atom. The van der Waals surface area contributed by atoms with Crippen molar-refractivity contribution in [3.05, 3.63) is 71.1 Å². The Morgan fingerprint density at radius 2 is 1.57 bits per heavy atom. The van der Waals surface area contributed by atoms with E-state index in [1.54, 1.807) is 24.3 Å². The zero-order valence-electron chi connectivity index (χ0n) is 11.8. The molecule has 1 heterocycles. The summed E-state index contributed by atoms with van der Waals surface area (Å²) in [5, 5.41) is 2.53. The second kappa shape index (κ2) is 6.39. The molecule has 7 heteroatoms. The molecule has 0 aromatic heterocycles. The Kier molecular flexibility index (Phi) is 4.31. The minimum atomic E-state index is -3.84. The van der Waals surface area contributed by atoms with Crippen molar-refractivity contribution in [3.8, 4) is 0 Å². The van der Waals surface area contributed by atoms with E-state index >= 15 is 0 Å². The van der Waals surface area contributed by atoms with Crippen LogP contribution in [-0.4, -0.2) is 19.5 Å². The van der Waals surface area contributed by atoms with Crippen molar-refractivity contribution >= 4 is 38.9 Å². The molecule has 23 heavy (non-hydrogen) atoms. The summed E-state index contributed by atoms with van der Waals surface area (Å²) in [6.07, 6.45) is 1.69. The molecule has 1 aliphatic heterocycles. The van der Waals surface area contributed by atoms with Crippen LogP contribution in [0.3, 0.4) is 0 Å². The predicted molar refractivity (Wildman–Crippen MR) is 91.2 cm³/mol. The predicted octanol–water partition coefficient (Wildman–Crippen LogP) is 2.64. The maximum Gasteiger partial charge on any atom is 0.284 e. The molecule has 1 aliphatic rings. The van der Waals surface area contributed by atoms with Crippen molar-refractivity contribution in [2.75, 3.05) is 0 Å². The number of carbonyl (C=O) groups is 1. The third kappa shape index (κ3) is 3.69. The molecule has 2 aromatic rings. The van der Waals surface area contributed by atoms with Gasteiger partial charge in [-0.2, -0.15) is 8.42 Å². The van der Waals surface area contributed by atoms with Crippen LogP contribution in [-0.2, 0) is 14.8 Å². The van der Waals surface area contributed by atoms with Gasteiger partial charge in [-0.15, -0.1) is 4.40 Å². The average molecular weight is 344 g/mol. The van der Waals surface area contributed by atoms with E-state index in [1.807, 2.05) is 30.3 Å². The van der Waals surface area contributed by atoms with Gasteiger partial charge in [0.25, 0.3) is 15.9 Å². The minimum absolute atomic E-state index is 0.0565. The Morgan fingerprint density at radius 1 is 0.957 bits per heavy atom. The van der Waals surface area contributed by atoms with Crippen molar-refractivity contribution in [3.63, 3.8) is 0 Å². The first-order valence-electron chi connectivity index (χ1n) is 6.70. The summed E-state index contributed by atoms with van der Waals surface area (Å²) < 4.78 is 28.1. The number of nitrogens with zero attached hydrogens (tertiary/aromatic N) is 1. The summed E-state index contributed by atoms with van der Waals surface area (Å²) in [6.45, 7) is 0.